The number of hydrogen-bond donors (Lipinski definition) is 2. The van der Waals surface area contributed by atoms with E-state index in [1.54, 1.807) is 0 Å². The van der Waals surface area contributed by atoms with Crippen molar-refractivity contribution in [1.29, 1.82) is 0 Å². The third kappa shape index (κ3) is 8.68. The summed E-state index contributed by atoms with van der Waals surface area (Å²) in [5.74, 6) is 0.0964. The van der Waals surface area contributed by atoms with Crippen molar-refractivity contribution in [3.63, 3.8) is 0 Å². The standard InChI is InChI=1S/C12H27N3O/c1-5-13-10-12(16)14-8-6-7-9-15(4)11(2)3/h11,13H,5-10H2,1-4H3,(H,14,16). The molecule has 0 saturated carbocycles. The Hall–Kier alpha value is -0.610. The molecule has 0 saturated heterocycles. The summed E-state index contributed by atoms with van der Waals surface area (Å²) in [6.07, 6.45) is 2.19. The molecule has 0 unspecified atom stereocenters. The van der Waals surface area contributed by atoms with Gasteiger partial charge in [0.1, 0.15) is 0 Å². The van der Waals surface area contributed by atoms with Crippen LogP contribution in [-0.2, 0) is 4.79 Å². The first-order valence-electron chi connectivity index (χ1n) is 6.25. The number of carbonyl (C=O) groups is 1. The predicted molar refractivity (Wildman–Crippen MR) is 68.6 cm³/mol. The number of likely N-dealkylation sites (N-methyl/N-ethyl adjacent to an activating group) is 1. The van der Waals surface area contributed by atoms with Gasteiger partial charge >= 0.3 is 0 Å². The van der Waals surface area contributed by atoms with Gasteiger partial charge in [-0.3, -0.25) is 4.79 Å². The van der Waals surface area contributed by atoms with Gasteiger partial charge in [-0.05, 0) is 46.8 Å². The number of nitrogens with one attached hydrogen (secondary N) is 2. The Morgan fingerprint density at radius 3 is 2.56 bits per heavy atom. The second kappa shape index (κ2) is 9.60. The minimum atomic E-state index is 0.0964. The summed E-state index contributed by atoms with van der Waals surface area (Å²) in [6.45, 7) is 9.54. The highest BCUT2D eigenvalue weighted by Crippen LogP contribution is 1.96. The van der Waals surface area contributed by atoms with E-state index < -0.39 is 0 Å². The second-order valence-electron chi connectivity index (χ2n) is 4.41. The number of nitrogens with zero attached hydrogens (tertiary/aromatic N) is 1. The zero-order chi connectivity index (χ0) is 12.4. The number of rotatable bonds is 9. The van der Waals surface area contributed by atoms with E-state index in [1.807, 2.05) is 6.92 Å². The molecule has 96 valence electrons. The van der Waals surface area contributed by atoms with Crippen LogP contribution >= 0.6 is 0 Å². The Balaban J connectivity index is 3.30. The van der Waals surface area contributed by atoms with Gasteiger partial charge in [-0.25, -0.2) is 0 Å². The van der Waals surface area contributed by atoms with Gasteiger partial charge in [0.15, 0.2) is 0 Å². The van der Waals surface area contributed by atoms with Crippen LogP contribution in [-0.4, -0.2) is 50.1 Å². The van der Waals surface area contributed by atoms with Crippen LogP contribution in [0.1, 0.15) is 33.6 Å². The van der Waals surface area contributed by atoms with Gasteiger partial charge in [0.2, 0.25) is 5.91 Å². The highest BCUT2D eigenvalue weighted by atomic mass is 16.1. The van der Waals surface area contributed by atoms with E-state index in [2.05, 4.69) is 36.4 Å². The lowest BCUT2D eigenvalue weighted by atomic mass is 10.2. The van der Waals surface area contributed by atoms with Crippen molar-refractivity contribution >= 4 is 5.91 Å². The van der Waals surface area contributed by atoms with Crippen molar-refractivity contribution in [3.8, 4) is 0 Å². The fourth-order valence-corrected chi connectivity index (χ4v) is 1.27. The van der Waals surface area contributed by atoms with Crippen molar-refractivity contribution in [2.75, 3.05) is 33.2 Å². The third-order valence-electron chi connectivity index (χ3n) is 2.68. The zero-order valence-electron chi connectivity index (χ0n) is 11.2. The van der Waals surface area contributed by atoms with E-state index in [1.165, 1.54) is 0 Å². The summed E-state index contributed by atoms with van der Waals surface area (Å²) in [5, 5.41) is 5.90. The van der Waals surface area contributed by atoms with Crippen molar-refractivity contribution in [2.24, 2.45) is 0 Å². The van der Waals surface area contributed by atoms with E-state index in [9.17, 15) is 4.79 Å². The molecule has 16 heavy (non-hydrogen) atoms. The molecule has 0 atom stereocenters. The third-order valence-corrected chi connectivity index (χ3v) is 2.68. The number of carbonyl (C=O) groups excluding carboxylic acids is 1. The predicted octanol–water partition coefficient (Wildman–Crippen LogP) is 0.833. The maximum Gasteiger partial charge on any atom is 0.233 e. The molecular formula is C12H27N3O. The molecule has 0 bridgehead atoms. The topological polar surface area (TPSA) is 44.4 Å². The summed E-state index contributed by atoms with van der Waals surface area (Å²) in [7, 11) is 2.13. The molecule has 2 N–H and O–H groups in total. The van der Waals surface area contributed by atoms with Crippen molar-refractivity contribution in [2.45, 2.75) is 39.7 Å². The van der Waals surface area contributed by atoms with Gasteiger partial charge in [-0.2, -0.15) is 0 Å². The van der Waals surface area contributed by atoms with E-state index in [-0.39, 0.29) is 5.91 Å². The van der Waals surface area contributed by atoms with Crippen molar-refractivity contribution in [1.82, 2.24) is 15.5 Å². The average Bonchev–Trinajstić information content (AvgIpc) is 2.25. The Morgan fingerprint density at radius 2 is 2.00 bits per heavy atom. The molecular weight excluding hydrogens is 202 g/mol. The SMILES string of the molecule is CCNCC(=O)NCCCCN(C)C(C)C. The van der Waals surface area contributed by atoms with Gasteiger partial charge in [-0.15, -0.1) is 0 Å². The van der Waals surface area contributed by atoms with Crippen LogP contribution < -0.4 is 10.6 Å². The Bertz CT molecular complexity index is 183. The first kappa shape index (κ1) is 15.4. The molecule has 0 aromatic heterocycles. The van der Waals surface area contributed by atoms with Crippen LogP contribution in [0, 0.1) is 0 Å². The van der Waals surface area contributed by atoms with E-state index >= 15 is 0 Å². The molecule has 0 rings (SSSR count). The van der Waals surface area contributed by atoms with Gasteiger partial charge < -0.3 is 15.5 Å². The molecule has 0 heterocycles. The van der Waals surface area contributed by atoms with E-state index in [0.29, 0.717) is 12.6 Å². The molecule has 0 aromatic rings. The number of amides is 1. The lowest BCUT2D eigenvalue weighted by Crippen LogP contribution is -2.34. The maximum atomic E-state index is 11.2. The zero-order valence-corrected chi connectivity index (χ0v) is 11.2. The first-order valence-corrected chi connectivity index (χ1v) is 6.25. The molecule has 0 aliphatic heterocycles. The van der Waals surface area contributed by atoms with E-state index in [4.69, 9.17) is 0 Å². The van der Waals surface area contributed by atoms with E-state index in [0.717, 1.165) is 32.5 Å². The molecule has 0 aliphatic rings. The minimum Gasteiger partial charge on any atom is -0.355 e. The Kier molecular flexibility index (Phi) is 9.24. The fraction of sp³-hybridized carbons (Fsp3) is 0.917. The van der Waals surface area contributed by atoms with Gasteiger partial charge in [0.05, 0.1) is 6.54 Å². The minimum absolute atomic E-state index is 0.0964. The van der Waals surface area contributed by atoms with Gasteiger partial charge in [0.25, 0.3) is 0 Å². The highest BCUT2D eigenvalue weighted by molar-refractivity contribution is 5.77. The molecule has 1 amide bonds. The molecule has 0 aliphatic carbocycles. The lowest BCUT2D eigenvalue weighted by molar-refractivity contribution is -0.120. The quantitative estimate of drug-likeness (QED) is 0.576. The molecule has 4 nitrogen and oxygen atoms in total. The maximum absolute atomic E-state index is 11.2. The molecule has 0 aromatic carbocycles. The summed E-state index contributed by atoms with van der Waals surface area (Å²) in [6, 6.07) is 0.600. The molecule has 4 heteroatoms. The molecule has 0 radical (unpaired) electrons. The Labute approximate surface area is 99.8 Å². The Morgan fingerprint density at radius 1 is 1.31 bits per heavy atom. The number of unbranched alkanes of at least 4 members (excludes halogenated alkanes) is 1. The van der Waals surface area contributed by atoms with Crippen LogP contribution in [0.4, 0.5) is 0 Å². The molecule has 0 fully saturated rings. The van der Waals surface area contributed by atoms with Gasteiger partial charge in [-0.1, -0.05) is 6.92 Å². The van der Waals surface area contributed by atoms with Crippen molar-refractivity contribution in [3.05, 3.63) is 0 Å². The van der Waals surface area contributed by atoms with Crippen LogP contribution in [0.15, 0.2) is 0 Å². The summed E-state index contributed by atoms with van der Waals surface area (Å²) in [5.41, 5.74) is 0. The molecule has 0 spiro atoms. The average molecular weight is 229 g/mol. The summed E-state index contributed by atoms with van der Waals surface area (Å²) >= 11 is 0. The highest BCUT2D eigenvalue weighted by Gasteiger charge is 2.02. The first-order chi connectivity index (χ1) is 7.57. The second-order valence-corrected chi connectivity index (χ2v) is 4.41. The van der Waals surface area contributed by atoms with Gasteiger partial charge in [0, 0.05) is 12.6 Å². The number of hydrogen-bond acceptors (Lipinski definition) is 3. The van der Waals surface area contributed by atoms with Crippen LogP contribution in [0.25, 0.3) is 0 Å². The summed E-state index contributed by atoms with van der Waals surface area (Å²) in [4.78, 5) is 13.5. The normalized spacial score (nSPS) is 11.1. The monoisotopic (exact) mass is 229 g/mol. The van der Waals surface area contributed by atoms with Crippen LogP contribution in [0.2, 0.25) is 0 Å². The fourth-order valence-electron chi connectivity index (χ4n) is 1.27. The van der Waals surface area contributed by atoms with Crippen LogP contribution in [0.5, 0.6) is 0 Å². The summed E-state index contributed by atoms with van der Waals surface area (Å²) < 4.78 is 0. The van der Waals surface area contributed by atoms with Crippen LogP contribution in [0.3, 0.4) is 0 Å². The van der Waals surface area contributed by atoms with Crippen molar-refractivity contribution < 1.29 is 4.79 Å². The smallest absolute Gasteiger partial charge is 0.233 e. The lowest BCUT2D eigenvalue weighted by Gasteiger charge is -2.20. The largest absolute Gasteiger partial charge is 0.355 e.